The molecule has 1 atom stereocenters. The van der Waals surface area contributed by atoms with Crippen molar-refractivity contribution in [3.63, 3.8) is 0 Å². The maximum atomic E-state index is 12.3. The van der Waals surface area contributed by atoms with E-state index in [1.54, 1.807) is 4.31 Å². The summed E-state index contributed by atoms with van der Waals surface area (Å²) >= 11 is 0. The van der Waals surface area contributed by atoms with Gasteiger partial charge in [0, 0.05) is 19.6 Å². The van der Waals surface area contributed by atoms with Crippen LogP contribution < -0.4 is 10.0 Å². The quantitative estimate of drug-likeness (QED) is 0.752. The molecule has 0 aromatic rings. The first-order valence-electron chi connectivity index (χ1n) is 8.12. The molecule has 0 radical (unpaired) electrons. The predicted molar refractivity (Wildman–Crippen MR) is 88.4 cm³/mol. The van der Waals surface area contributed by atoms with Gasteiger partial charge in [0.2, 0.25) is 0 Å². The Morgan fingerprint density at radius 2 is 1.81 bits per heavy atom. The van der Waals surface area contributed by atoms with Crippen molar-refractivity contribution in [1.29, 1.82) is 0 Å². The van der Waals surface area contributed by atoms with E-state index in [1.807, 2.05) is 0 Å². The van der Waals surface area contributed by atoms with Crippen molar-refractivity contribution in [2.75, 3.05) is 32.7 Å². The monoisotopic (exact) mass is 319 g/mol. The largest absolute Gasteiger partial charge is 0.317 e. The molecule has 126 valence electrons. The topological polar surface area (TPSA) is 61.4 Å². The summed E-state index contributed by atoms with van der Waals surface area (Å²) in [7, 11) is -3.32. The van der Waals surface area contributed by atoms with Gasteiger partial charge in [0.15, 0.2) is 0 Å². The van der Waals surface area contributed by atoms with Gasteiger partial charge in [-0.05, 0) is 43.2 Å². The minimum absolute atomic E-state index is 0.112. The third-order valence-corrected chi connectivity index (χ3v) is 6.22. The van der Waals surface area contributed by atoms with Crippen LogP contribution in [0.15, 0.2) is 0 Å². The fourth-order valence-electron chi connectivity index (χ4n) is 2.33. The van der Waals surface area contributed by atoms with Crippen LogP contribution in [-0.4, -0.2) is 45.4 Å². The molecule has 0 aromatic heterocycles. The molecule has 0 bridgehead atoms. The van der Waals surface area contributed by atoms with Crippen LogP contribution in [0.25, 0.3) is 0 Å². The van der Waals surface area contributed by atoms with Gasteiger partial charge in [-0.25, -0.2) is 4.72 Å². The highest BCUT2D eigenvalue weighted by molar-refractivity contribution is 7.87. The second-order valence-electron chi connectivity index (χ2n) is 7.27. The van der Waals surface area contributed by atoms with Crippen LogP contribution in [0.1, 0.15) is 47.5 Å². The fraction of sp³-hybridized carbons (Fsp3) is 1.00. The SMILES string of the molecule is CCNCC1CCN(S(=O)(=O)NCC(C)C(C)(C)C)CC1. The molecule has 0 spiro atoms. The number of hydrogen-bond donors (Lipinski definition) is 2. The van der Waals surface area contributed by atoms with E-state index in [-0.39, 0.29) is 5.41 Å². The molecule has 1 aliphatic rings. The lowest BCUT2D eigenvalue weighted by Crippen LogP contribution is -2.47. The molecule has 1 rings (SSSR count). The molecule has 6 heteroatoms. The van der Waals surface area contributed by atoms with Crippen molar-refractivity contribution in [2.24, 2.45) is 17.3 Å². The van der Waals surface area contributed by atoms with Crippen LogP contribution >= 0.6 is 0 Å². The number of nitrogens with one attached hydrogen (secondary N) is 2. The van der Waals surface area contributed by atoms with Gasteiger partial charge < -0.3 is 5.32 Å². The zero-order chi connectivity index (χ0) is 16.1. The minimum Gasteiger partial charge on any atom is -0.317 e. The lowest BCUT2D eigenvalue weighted by atomic mass is 9.82. The number of hydrogen-bond acceptors (Lipinski definition) is 3. The summed E-state index contributed by atoms with van der Waals surface area (Å²) < 4.78 is 29.1. The van der Waals surface area contributed by atoms with Gasteiger partial charge in [-0.15, -0.1) is 0 Å². The van der Waals surface area contributed by atoms with Crippen LogP contribution in [0.5, 0.6) is 0 Å². The van der Waals surface area contributed by atoms with Crippen molar-refractivity contribution in [1.82, 2.24) is 14.3 Å². The first-order chi connectivity index (χ1) is 9.66. The Morgan fingerprint density at radius 3 is 2.29 bits per heavy atom. The Balaban J connectivity index is 2.43. The molecule has 1 saturated heterocycles. The molecule has 5 nitrogen and oxygen atoms in total. The number of rotatable bonds is 7. The minimum atomic E-state index is -3.32. The van der Waals surface area contributed by atoms with Crippen molar-refractivity contribution in [2.45, 2.75) is 47.5 Å². The van der Waals surface area contributed by atoms with E-state index in [0.717, 1.165) is 25.9 Å². The van der Waals surface area contributed by atoms with E-state index in [4.69, 9.17) is 0 Å². The summed E-state index contributed by atoms with van der Waals surface area (Å²) in [5.74, 6) is 0.906. The Bertz CT molecular complexity index is 396. The second-order valence-corrected chi connectivity index (χ2v) is 9.03. The third kappa shape index (κ3) is 6.22. The van der Waals surface area contributed by atoms with Gasteiger partial charge in [0.25, 0.3) is 10.2 Å². The van der Waals surface area contributed by atoms with Gasteiger partial charge in [-0.1, -0.05) is 34.6 Å². The molecule has 2 N–H and O–H groups in total. The van der Waals surface area contributed by atoms with Gasteiger partial charge in [-0.2, -0.15) is 12.7 Å². The lowest BCUT2D eigenvalue weighted by Gasteiger charge is -2.33. The molecule has 0 aliphatic carbocycles. The Morgan fingerprint density at radius 1 is 1.24 bits per heavy atom. The predicted octanol–water partition coefficient (Wildman–Crippen LogP) is 1.82. The second kappa shape index (κ2) is 7.90. The van der Waals surface area contributed by atoms with Crippen molar-refractivity contribution in [3.05, 3.63) is 0 Å². The first kappa shape index (κ1) is 18.9. The number of piperidine rings is 1. The van der Waals surface area contributed by atoms with Gasteiger partial charge in [0.05, 0.1) is 0 Å². The highest BCUT2D eigenvalue weighted by Gasteiger charge is 2.29. The van der Waals surface area contributed by atoms with E-state index in [9.17, 15) is 8.42 Å². The Labute approximate surface area is 131 Å². The van der Waals surface area contributed by atoms with Gasteiger partial charge >= 0.3 is 0 Å². The molecule has 1 heterocycles. The maximum absolute atomic E-state index is 12.3. The molecule has 0 amide bonds. The average molecular weight is 320 g/mol. The van der Waals surface area contributed by atoms with Crippen LogP contribution in [0.4, 0.5) is 0 Å². The molecule has 21 heavy (non-hydrogen) atoms. The smallest absolute Gasteiger partial charge is 0.279 e. The maximum Gasteiger partial charge on any atom is 0.279 e. The Kier molecular flexibility index (Phi) is 7.10. The van der Waals surface area contributed by atoms with Crippen molar-refractivity contribution in [3.8, 4) is 0 Å². The van der Waals surface area contributed by atoms with Gasteiger partial charge in [0.1, 0.15) is 0 Å². The zero-order valence-electron chi connectivity index (χ0n) is 14.3. The summed E-state index contributed by atoms with van der Waals surface area (Å²) in [4.78, 5) is 0. The van der Waals surface area contributed by atoms with Crippen LogP contribution in [0.3, 0.4) is 0 Å². The van der Waals surface area contributed by atoms with Crippen LogP contribution in [0.2, 0.25) is 0 Å². The molecule has 0 aromatic carbocycles. The summed E-state index contributed by atoms with van der Waals surface area (Å²) in [6, 6.07) is 0. The summed E-state index contributed by atoms with van der Waals surface area (Å²) in [5.41, 5.74) is 0.112. The van der Waals surface area contributed by atoms with E-state index >= 15 is 0 Å². The van der Waals surface area contributed by atoms with Crippen LogP contribution in [0, 0.1) is 17.3 Å². The fourth-order valence-corrected chi connectivity index (χ4v) is 3.66. The highest BCUT2D eigenvalue weighted by atomic mass is 32.2. The first-order valence-corrected chi connectivity index (χ1v) is 9.56. The molecule has 0 saturated carbocycles. The van der Waals surface area contributed by atoms with Crippen LogP contribution in [-0.2, 0) is 10.2 Å². The normalized spacial score (nSPS) is 20.6. The molecular weight excluding hydrogens is 286 g/mol. The number of nitrogens with zero attached hydrogens (tertiary/aromatic N) is 1. The molecule has 1 aliphatic heterocycles. The van der Waals surface area contributed by atoms with E-state index in [2.05, 4.69) is 44.7 Å². The van der Waals surface area contributed by atoms with E-state index in [1.165, 1.54) is 0 Å². The third-order valence-electron chi connectivity index (χ3n) is 4.65. The standard InChI is InChI=1S/C15H33N3O2S/c1-6-16-12-14-7-9-18(10-8-14)21(19,20)17-11-13(2)15(3,4)5/h13-14,16-17H,6-12H2,1-5H3. The van der Waals surface area contributed by atoms with E-state index < -0.39 is 10.2 Å². The lowest BCUT2D eigenvalue weighted by molar-refractivity contribution is 0.250. The molecule has 1 unspecified atom stereocenters. The highest BCUT2D eigenvalue weighted by Crippen LogP contribution is 2.25. The van der Waals surface area contributed by atoms with Gasteiger partial charge in [-0.3, -0.25) is 0 Å². The van der Waals surface area contributed by atoms with Crippen molar-refractivity contribution < 1.29 is 8.42 Å². The molecule has 1 fully saturated rings. The zero-order valence-corrected chi connectivity index (χ0v) is 15.1. The summed E-state index contributed by atoms with van der Waals surface area (Å²) in [6.07, 6.45) is 1.89. The molecular formula is C15H33N3O2S. The summed E-state index contributed by atoms with van der Waals surface area (Å²) in [5, 5.41) is 3.34. The average Bonchev–Trinajstić information content (AvgIpc) is 2.42. The summed E-state index contributed by atoms with van der Waals surface area (Å²) in [6.45, 7) is 14.3. The van der Waals surface area contributed by atoms with Crippen molar-refractivity contribution >= 4 is 10.2 Å². The van der Waals surface area contributed by atoms with E-state index in [0.29, 0.717) is 31.5 Å². The Hall–Kier alpha value is -0.170.